The molecule has 0 fully saturated rings. The molecule has 0 radical (unpaired) electrons. The van der Waals surface area contributed by atoms with Gasteiger partial charge in [0, 0.05) is 0 Å². The minimum atomic E-state index is -0.0353. The molecule has 0 heterocycles. The van der Waals surface area contributed by atoms with Crippen LogP contribution < -0.4 is 0 Å². The van der Waals surface area contributed by atoms with Crippen molar-refractivity contribution in [3.05, 3.63) is 0 Å². The number of unbranched alkanes of at least 4 members (excludes halogenated alkanes) is 3. The first-order valence-electron chi connectivity index (χ1n) is 4.61. The fraction of sp³-hybridized carbons (Fsp3) is 0.800. The monoisotopic (exact) mass is 164 g/mol. The maximum absolute atomic E-state index is 8.61. The van der Waals surface area contributed by atoms with Crippen LogP contribution in [0.3, 0.4) is 0 Å². The van der Waals surface area contributed by atoms with Gasteiger partial charge in [-0.2, -0.15) is 10.5 Å². The van der Waals surface area contributed by atoms with Crippen LogP contribution in [0.1, 0.15) is 45.4 Å². The molecule has 0 N–H and O–H groups in total. The zero-order valence-electron chi connectivity index (χ0n) is 7.71. The van der Waals surface area contributed by atoms with Gasteiger partial charge in [-0.1, -0.05) is 32.6 Å². The fourth-order valence-electron chi connectivity index (χ4n) is 1.14. The number of nitriles is 2. The van der Waals surface area contributed by atoms with Crippen molar-refractivity contribution in [1.29, 1.82) is 10.5 Å². The molecule has 2 heteroatoms. The smallest absolute Gasteiger partial charge is 0.0666 e. The van der Waals surface area contributed by atoms with Crippen LogP contribution in [0.5, 0.6) is 0 Å². The summed E-state index contributed by atoms with van der Waals surface area (Å²) in [5.74, 6) is -0.0353. The van der Waals surface area contributed by atoms with Gasteiger partial charge in [-0.15, -0.1) is 0 Å². The molecule has 2 nitrogen and oxygen atoms in total. The van der Waals surface area contributed by atoms with Gasteiger partial charge in [0.1, 0.15) is 0 Å². The fourth-order valence-corrected chi connectivity index (χ4v) is 1.14. The molecule has 0 aromatic carbocycles. The Labute approximate surface area is 74.8 Å². The van der Waals surface area contributed by atoms with Crippen molar-refractivity contribution in [3.63, 3.8) is 0 Å². The molecule has 12 heavy (non-hydrogen) atoms. The first-order valence-corrected chi connectivity index (χ1v) is 4.61. The maximum Gasteiger partial charge on any atom is 0.0666 e. The summed E-state index contributed by atoms with van der Waals surface area (Å²) in [4.78, 5) is 0. The van der Waals surface area contributed by atoms with Crippen molar-refractivity contribution < 1.29 is 0 Å². The molecule has 0 bridgehead atoms. The molecule has 0 aromatic heterocycles. The van der Waals surface area contributed by atoms with Crippen LogP contribution in [-0.4, -0.2) is 0 Å². The standard InChI is InChI=1S/C10H16N2/c1-2-3-4-5-6-10(9-12)7-8-11/h10H,2-7H2,1H3/t10-/m0/s1. The SMILES string of the molecule is CCCCCC[C@H](C#N)CC#N. The molecular weight excluding hydrogens is 148 g/mol. The Morgan fingerprint density at radius 2 is 1.92 bits per heavy atom. The summed E-state index contributed by atoms with van der Waals surface area (Å²) in [5, 5.41) is 17.0. The van der Waals surface area contributed by atoms with Gasteiger partial charge in [-0.3, -0.25) is 0 Å². The average molecular weight is 164 g/mol. The summed E-state index contributed by atoms with van der Waals surface area (Å²) in [5.41, 5.74) is 0. The molecule has 0 aliphatic heterocycles. The van der Waals surface area contributed by atoms with E-state index in [2.05, 4.69) is 13.0 Å². The van der Waals surface area contributed by atoms with Crippen LogP contribution in [0.15, 0.2) is 0 Å². The van der Waals surface area contributed by atoms with Gasteiger partial charge in [0.05, 0.1) is 24.5 Å². The van der Waals surface area contributed by atoms with E-state index in [0.717, 1.165) is 12.8 Å². The Morgan fingerprint density at radius 3 is 2.42 bits per heavy atom. The first-order chi connectivity index (χ1) is 5.85. The Kier molecular flexibility index (Phi) is 7.39. The topological polar surface area (TPSA) is 47.6 Å². The van der Waals surface area contributed by atoms with Gasteiger partial charge in [0.15, 0.2) is 0 Å². The van der Waals surface area contributed by atoms with E-state index in [1.165, 1.54) is 19.3 Å². The van der Waals surface area contributed by atoms with Crippen LogP contribution in [-0.2, 0) is 0 Å². The summed E-state index contributed by atoms with van der Waals surface area (Å²) in [6, 6.07) is 4.19. The van der Waals surface area contributed by atoms with Gasteiger partial charge in [0.2, 0.25) is 0 Å². The zero-order chi connectivity index (χ0) is 9.23. The van der Waals surface area contributed by atoms with E-state index in [1.807, 2.05) is 6.07 Å². The second kappa shape index (κ2) is 8.08. The lowest BCUT2D eigenvalue weighted by atomic mass is 10.00. The third kappa shape index (κ3) is 5.74. The van der Waals surface area contributed by atoms with Crippen molar-refractivity contribution in [2.45, 2.75) is 45.4 Å². The summed E-state index contributed by atoms with van der Waals surface area (Å²) in [6.07, 6.45) is 6.03. The molecule has 0 saturated heterocycles. The second-order valence-corrected chi connectivity index (χ2v) is 3.04. The minimum absolute atomic E-state index is 0.0353. The molecule has 0 aliphatic carbocycles. The van der Waals surface area contributed by atoms with Crippen LogP contribution >= 0.6 is 0 Å². The number of rotatable bonds is 6. The lowest BCUT2D eigenvalue weighted by molar-refractivity contribution is 0.545. The van der Waals surface area contributed by atoms with Gasteiger partial charge < -0.3 is 0 Å². The highest BCUT2D eigenvalue weighted by Gasteiger charge is 2.04. The third-order valence-electron chi connectivity index (χ3n) is 1.93. The van der Waals surface area contributed by atoms with Gasteiger partial charge >= 0.3 is 0 Å². The lowest BCUT2D eigenvalue weighted by Gasteiger charge is -2.02. The van der Waals surface area contributed by atoms with Crippen LogP contribution in [0, 0.1) is 28.6 Å². The average Bonchev–Trinajstić information content (AvgIpc) is 2.10. The Morgan fingerprint density at radius 1 is 1.17 bits per heavy atom. The molecular formula is C10H16N2. The maximum atomic E-state index is 8.61. The highest BCUT2D eigenvalue weighted by molar-refractivity contribution is 4.89. The summed E-state index contributed by atoms with van der Waals surface area (Å²) < 4.78 is 0. The predicted molar refractivity (Wildman–Crippen MR) is 48.1 cm³/mol. The number of hydrogen-bond donors (Lipinski definition) is 0. The molecule has 0 spiro atoms. The first kappa shape index (κ1) is 11.0. The highest BCUT2D eigenvalue weighted by Crippen LogP contribution is 2.12. The molecule has 0 saturated carbocycles. The van der Waals surface area contributed by atoms with Crippen molar-refractivity contribution in [1.82, 2.24) is 0 Å². The van der Waals surface area contributed by atoms with Crippen LogP contribution in [0.2, 0.25) is 0 Å². The molecule has 66 valence electrons. The molecule has 1 atom stereocenters. The zero-order valence-corrected chi connectivity index (χ0v) is 7.71. The molecule has 0 amide bonds. The summed E-state index contributed by atoms with van der Waals surface area (Å²) >= 11 is 0. The van der Waals surface area contributed by atoms with Gasteiger partial charge in [-0.05, 0) is 6.42 Å². The van der Waals surface area contributed by atoms with Gasteiger partial charge in [0.25, 0.3) is 0 Å². The quantitative estimate of drug-likeness (QED) is 0.566. The van der Waals surface area contributed by atoms with E-state index < -0.39 is 0 Å². The second-order valence-electron chi connectivity index (χ2n) is 3.04. The van der Waals surface area contributed by atoms with E-state index in [-0.39, 0.29) is 5.92 Å². The molecule has 0 unspecified atom stereocenters. The third-order valence-corrected chi connectivity index (χ3v) is 1.93. The molecule has 0 rings (SSSR count). The Balaban J connectivity index is 3.35. The Bertz CT molecular complexity index is 173. The number of nitrogens with zero attached hydrogens (tertiary/aromatic N) is 2. The van der Waals surface area contributed by atoms with E-state index >= 15 is 0 Å². The van der Waals surface area contributed by atoms with E-state index in [0.29, 0.717) is 6.42 Å². The Hall–Kier alpha value is -1.02. The van der Waals surface area contributed by atoms with Gasteiger partial charge in [-0.25, -0.2) is 0 Å². The van der Waals surface area contributed by atoms with Crippen molar-refractivity contribution in [2.24, 2.45) is 5.92 Å². The molecule has 0 aromatic rings. The van der Waals surface area contributed by atoms with Crippen molar-refractivity contribution >= 4 is 0 Å². The highest BCUT2D eigenvalue weighted by atomic mass is 14.3. The lowest BCUT2D eigenvalue weighted by Crippen LogP contribution is -1.95. The van der Waals surface area contributed by atoms with Crippen LogP contribution in [0.25, 0.3) is 0 Å². The largest absolute Gasteiger partial charge is 0.198 e. The minimum Gasteiger partial charge on any atom is -0.198 e. The number of hydrogen-bond acceptors (Lipinski definition) is 2. The summed E-state index contributed by atoms with van der Waals surface area (Å²) in [7, 11) is 0. The predicted octanol–water partition coefficient (Wildman–Crippen LogP) is 3.01. The summed E-state index contributed by atoms with van der Waals surface area (Å²) in [6.45, 7) is 2.16. The van der Waals surface area contributed by atoms with Crippen LogP contribution in [0.4, 0.5) is 0 Å². The normalized spacial score (nSPS) is 11.6. The van der Waals surface area contributed by atoms with Crippen molar-refractivity contribution in [2.75, 3.05) is 0 Å². The molecule has 0 aliphatic rings. The van der Waals surface area contributed by atoms with E-state index in [1.54, 1.807) is 0 Å². The van der Waals surface area contributed by atoms with E-state index in [4.69, 9.17) is 10.5 Å². The van der Waals surface area contributed by atoms with E-state index in [9.17, 15) is 0 Å². The van der Waals surface area contributed by atoms with Crippen molar-refractivity contribution in [3.8, 4) is 12.1 Å².